The second-order valence-electron chi connectivity index (χ2n) is 7.66. The Kier molecular flexibility index (Phi) is 3.16. The molecule has 1 unspecified atom stereocenters. The molecular formula is C20H23N3O2. The number of benzene rings is 1. The maximum atomic E-state index is 9.97. The molecule has 0 saturated carbocycles. The first kappa shape index (κ1) is 14.9. The van der Waals surface area contributed by atoms with Gasteiger partial charge in [0.1, 0.15) is 0 Å². The summed E-state index contributed by atoms with van der Waals surface area (Å²) in [6.45, 7) is 1.63. The molecule has 5 rings (SSSR count). The van der Waals surface area contributed by atoms with Crippen LogP contribution in [0.3, 0.4) is 0 Å². The molecule has 0 spiro atoms. The first-order valence-electron chi connectivity index (χ1n) is 8.98. The van der Waals surface area contributed by atoms with Gasteiger partial charge in [0.25, 0.3) is 0 Å². The lowest BCUT2D eigenvalue weighted by Gasteiger charge is -2.45. The van der Waals surface area contributed by atoms with Crippen molar-refractivity contribution >= 4 is 10.9 Å². The molecule has 1 saturated heterocycles. The van der Waals surface area contributed by atoms with Gasteiger partial charge in [0, 0.05) is 54.3 Å². The van der Waals surface area contributed by atoms with Crippen LogP contribution in [0.15, 0.2) is 36.5 Å². The Morgan fingerprint density at radius 1 is 1.16 bits per heavy atom. The second-order valence-corrected chi connectivity index (χ2v) is 7.66. The number of likely N-dealkylation sites (N-methyl/N-ethyl adjacent to an activating group) is 1. The highest BCUT2D eigenvalue weighted by molar-refractivity contribution is 5.88. The van der Waals surface area contributed by atoms with E-state index in [0.29, 0.717) is 24.4 Å². The average molecular weight is 337 g/mol. The number of piperidine rings is 1. The Balaban J connectivity index is 1.50. The van der Waals surface area contributed by atoms with E-state index in [0.717, 1.165) is 19.4 Å². The van der Waals surface area contributed by atoms with Crippen molar-refractivity contribution in [3.8, 4) is 11.8 Å². The SMILES string of the molecule is CN1CC(Cn2c(O)ccc2O)C[C@@H]2c3cccc4[nH]cc(c34)C[C@H]21. The van der Waals surface area contributed by atoms with Gasteiger partial charge in [-0.15, -0.1) is 0 Å². The molecule has 1 fully saturated rings. The molecule has 5 heteroatoms. The Labute approximate surface area is 146 Å². The Hall–Kier alpha value is -2.40. The van der Waals surface area contributed by atoms with Gasteiger partial charge < -0.3 is 20.1 Å². The monoisotopic (exact) mass is 337 g/mol. The van der Waals surface area contributed by atoms with E-state index in [9.17, 15) is 10.2 Å². The summed E-state index contributed by atoms with van der Waals surface area (Å²) >= 11 is 0. The standard InChI is InChI=1S/C20H23N3O2/c1-22-10-12(11-23-18(24)5-6-19(23)25)7-15-14-3-2-4-16-20(14)13(9-21-16)8-17(15)22/h2-6,9,12,15,17,21,24-25H,7-8,10-11H2,1H3/t12?,15-,17-/m1/s1. The van der Waals surface area contributed by atoms with Gasteiger partial charge in [-0.1, -0.05) is 12.1 Å². The van der Waals surface area contributed by atoms with E-state index < -0.39 is 0 Å². The highest BCUT2D eigenvalue weighted by atomic mass is 16.3. The maximum absolute atomic E-state index is 9.97. The molecule has 2 aromatic heterocycles. The zero-order chi connectivity index (χ0) is 17.1. The minimum absolute atomic E-state index is 0.140. The molecule has 1 aliphatic carbocycles. The van der Waals surface area contributed by atoms with Gasteiger partial charge in [0.05, 0.1) is 0 Å². The van der Waals surface area contributed by atoms with Crippen LogP contribution in [0, 0.1) is 5.92 Å². The molecule has 25 heavy (non-hydrogen) atoms. The van der Waals surface area contributed by atoms with Gasteiger partial charge in [-0.3, -0.25) is 4.57 Å². The van der Waals surface area contributed by atoms with E-state index >= 15 is 0 Å². The summed E-state index contributed by atoms with van der Waals surface area (Å²) in [5.41, 5.74) is 4.11. The molecular weight excluding hydrogens is 314 g/mol. The molecule has 3 aromatic rings. The quantitative estimate of drug-likeness (QED) is 0.673. The number of H-pyrrole nitrogens is 1. The number of fused-ring (bicyclic) bond motifs is 2. The summed E-state index contributed by atoms with van der Waals surface area (Å²) < 4.78 is 1.62. The van der Waals surface area contributed by atoms with Crippen LogP contribution in [-0.2, 0) is 13.0 Å². The van der Waals surface area contributed by atoms with Crippen molar-refractivity contribution < 1.29 is 10.2 Å². The molecule has 5 nitrogen and oxygen atoms in total. The lowest BCUT2D eigenvalue weighted by atomic mass is 9.72. The number of nitrogens with zero attached hydrogens (tertiary/aromatic N) is 2. The topological polar surface area (TPSA) is 64.4 Å². The van der Waals surface area contributed by atoms with Crippen molar-refractivity contribution in [3.05, 3.63) is 47.7 Å². The van der Waals surface area contributed by atoms with Crippen molar-refractivity contribution in [2.45, 2.75) is 31.3 Å². The van der Waals surface area contributed by atoms with Crippen molar-refractivity contribution in [2.24, 2.45) is 5.92 Å². The predicted molar refractivity (Wildman–Crippen MR) is 97.0 cm³/mol. The lowest BCUT2D eigenvalue weighted by Crippen LogP contribution is -2.48. The van der Waals surface area contributed by atoms with E-state index in [2.05, 4.69) is 41.3 Å². The molecule has 3 heterocycles. The largest absolute Gasteiger partial charge is 0.494 e. The fraction of sp³-hybridized carbons (Fsp3) is 0.400. The summed E-state index contributed by atoms with van der Waals surface area (Å²) in [5.74, 6) is 1.17. The summed E-state index contributed by atoms with van der Waals surface area (Å²) in [6, 6.07) is 10.2. The van der Waals surface area contributed by atoms with Crippen LogP contribution < -0.4 is 0 Å². The summed E-state index contributed by atoms with van der Waals surface area (Å²) in [7, 11) is 2.21. The summed E-state index contributed by atoms with van der Waals surface area (Å²) in [5, 5.41) is 21.3. The molecule has 130 valence electrons. The van der Waals surface area contributed by atoms with Crippen LogP contribution in [0.2, 0.25) is 0 Å². The van der Waals surface area contributed by atoms with E-state index in [-0.39, 0.29) is 11.8 Å². The number of aromatic amines is 1. The molecule has 1 aliphatic heterocycles. The van der Waals surface area contributed by atoms with Crippen LogP contribution in [0.5, 0.6) is 11.8 Å². The maximum Gasteiger partial charge on any atom is 0.193 e. The number of hydrogen-bond donors (Lipinski definition) is 3. The first-order valence-corrected chi connectivity index (χ1v) is 8.98. The minimum Gasteiger partial charge on any atom is -0.494 e. The highest BCUT2D eigenvalue weighted by Gasteiger charge is 2.39. The van der Waals surface area contributed by atoms with Crippen LogP contribution >= 0.6 is 0 Å². The number of likely N-dealkylation sites (tertiary alicyclic amines) is 1. The van der Waals surface area contributed by atoms with E-state index in [4.69, 9.17) is 0 Å². The zero-order valence-corrected chi connectivity index (χ0v) is 14.3. The van der Waals surface area contributed by atoms with E-state index in [1.54, 1.807) is 16.7 Å². The van der Waals surface area contributed by atoms with Gasteiger partial charge in [0.2, 0.25) is 0 Å². The van der Waals surface area contributed by atoms with Crippen molar-refractivity contribution in [1.82, 2.24) is 14.5 Å². The Morgan fingerprint density at radius 2 is 1.96 bits per heavy atom. The second kappa shape index (κ2) is 5.30. The third-order valence-corrected chi connectivity index (χ3v) is 6.19. The fourth-order valence-corrected chi connectivity index (χ4v) is 5.08. The van der Waals surface area contributed by atoms with E-state index in [1.165, 1.54) is 22.0 Å². The molecule has 3 N–H and O–H groups in total. The van der Waals surface area contributed by atoms with Gasteiger partial charge in [-0.05, 0) is 43.0 Å². The molecule has 2 aliphatic rings. The van der Waals surface area contributed by atoms with Gasteiger partial charge in [-0.25, -0.2) is 0 Å². The third kappa shape index (κ3) is 2.19. The fourth-order valence-electron chi connectivity index (χ4n) is 5.08. The highest BCUT2D eigenvalue weighted by Crippen LogP contribution is 2.44. The molecule has 0 radical (unpaired) electrons. The van der Waals surface area contributed by atoms with E-state index in [1.807, 2.05) is 0 Å². The number of aromatic nitrogens is 2. The Morgan fingerprint density at radius 3 is 2.76 bits per heavy atom. The van der Waals surface area contributed by atoms with Gasteiger partial charge in [-0.2, -0.15) is 0 Å². The van der Waals surface area contributed by atoms with Crippen LogP contribution in [-0.4, -0.2) is 44.3 Å². The molecule has 1 aromatic carbocycles. The first-order chi connectivity index (χ1) is 12.1. The third-order valence-electron chi connectivity index (χ3n) is 6.19. The number of nitrogens with one attached hydrogen (secondary N) is 1. The van der Waals surface area contributed by atoms with Crippen molar-refractivity contribution in [2.75, 3.05) is 13.6 Å². The lowest BCUT2D eigenvalue weighted by molar-refractivity contribution is 0.101. The van der Waals surface area contributed by atoms with Crippen LogP contribution in [0.4, 0.5) is 0 Å². The minimum atomic E-state index is 0.140. The smallest absolute Gasteiger partial charge is 0.193 e. The predicted octanol–water partition coefficient (Wildman–Crippen LogP) is 3.04. The average Bonchev–Trinajstić information content (AvgIpc) is 3.16. The summed E-state index contributed by atoms with van der Waals surface area (Å²) in [4.78, 5) is 5.88. The normalized spacial score (nSPS) is 26.0. The number of aromatic hydroxyl groups is 2. The van der Waals surface area contributed by atoms with Crippen LogP contribution in [0.25, 0.3) is 10.9 Å². The molecule has 0 bridgehead atoms. The molecule has 3 atom stereocenters. The summed E-state index contributed by atoms with van der Waals surface area (Å²) in [6.07, 6.45) is 4.33. The number of rotatable bonds is 2. The number of hydrogen-bond acceptors (Lipinski definition) is 3. The van der Waals surface area contributed by atoms with Gasteiger partial charge >= 0.3 is 0 Å². The van der Waals surface area contributed by atoms with Gasteiger partial charge in [0.15, 0.2) is 11.8 Å². The van der Waals surface area contributed by atoms with Crippen molar-refractivity contribution in [3.63, 3.8) is 0 Å². The van der Waals surface area contributed by atoms with Crippen LogP contribution in [0.1, 0.15) is 23.5 Å². The zero-order valence-electron chi connectivity index (χ0n) is 14.3. The molecule has 0 amide bonds. The van der Waals surface area contributed by atoms with Crippen molar-refractivity contribution in [1.29, 1.82) is 0 Å². The Bertz CT molecular complexity index is 922.